The highest BCUT2D eigenvalue weighted by Gasteiger charge is 2.44. The van der Waals surface area contributed by atoms with E-state index in [0.717, 1.165) is 11.8 Å². The molecule has 0 atom stereocenters. The van der Waals surface area contributed by atoms with Crippen LogP contribution in [0.25, 0.3) is 0 Å². The van der Waals surface area contributed by atoms with Gasteiger partial charge in [-0.05, 0) is 36.4 Å². The van der Waals surface area contributed by atoms with E-state index in [4.69, 9.17) is 0 Å². The zero-order valence-corrected chi connectivity index (χ0v) is 24.5. The smallest absolute Gasteiger partial charge is 0.239 e. The first-order valence-electron chi connectivity index (χ1n) is 13.1. The van der Waals surface area contributed by atoms with Crippen molar-refractivity contribution in [2.45, 2.75) is 6.92 Å². The molecule has 41 heavy (non-hydrogen) atoms. The van der Waals surface area contributed by atoms with Crippen molar-refractivity contribution in [2.24, 2.45) is 0 Å². The minimum atomic E-state index is -2.09. The van der Waals surface area contributed by atoms with Crippen molar-refractivity contribution >= 4 is 63.7 Å². The molecule has 0 fully saturated rings. The van der Waals surface area contributed by atoms with Crippen molar-refractivity contribution in [3.05, 3.63) is 91.0 Å². The molecule has 0 aliphatic heterocycles. The minimum Gasteiger partial charge on any atom is -0.351 e. The summed E-state index contributed by atoms with van der Waals surface area (Å²) < 4.78 is 0. The van der Waals surface area contributed by atoms with Crippen molar-refractivity contribution in [3.63, 3.8) is 0 Å². The lowest BCUT2D eigenvalue weighted by atomic mass is 10.4. The van der Waals surface area contributed by atoms with Gasteiger partial charge in [-0.2, -0.15) is 0 Å². The maximum atomic E-state index is 12.6. The molecule has 9 nitrogen and oxygen atoms in total. The number of amides is 4. The summed E-state index contributed by atoms with van der Waals surface area (Å²) in [6.07, 6.45) is 0.692. The summed E-state index contributed by atoms with van der Waals surface area (Å²) in [6, 6.07) is 31.0. The maximum Gasteiger partial charge on any atom is 0.239 e. The molecule has 3 aromatic carbocycles. The molecule has 3 rings (SSSR count). The Morgan fingerprint density at radius 3 is 1.32 bits per heavy atom. The number of rotatable bonds is 14. The molecule has 0 aromatic heterocycles. The number of benzene rings is 3. The molecular formula is C30H34N4O5PS+. The molecule has 4 amide bonds. The molecule has 0 aliphatic rings. The van der Waals surface area contributed by atoms with Gasteiger partial charge in [-0.3, -0.25) is 24.0 Å². The topological polar surface area (TPSA) is 133 Å². The average molecular weight is 594 g/mol. The Bertz CT molecular complexity index is 1230. The highest BCUT2D eigenvalue weighted by molar-refractivity contribution is 8.14. The Labute approximate surface area is 244 Å². The van der Waals surface area contributed by atoms with E-state index in [0.29, 0.717) is 12.7 Å². The number of carbonyl (C=O) groups excluding carboxylic acids is 5. The standard InChI is InChI=1S/C30H33N4O5PS/c1-23(35)41-22-30(39)34-21-29(38)33-20-28(37)32-19-27(36)31-17-18-40(24-11-5-2-6-12-24,25-13-7-3-8-14-25)26-15-9-4-10-16-26/h2-16H,17-22H2,1H3,(H3-,31,32,33,34,36,37,38,39)/p+1. The Morgan fingerprint density at radius 1 is 0.561 bits per heavy atom. The lowest BCUT2D eigenvalue weighted by Crippen LogP contribution is -2.45. The summed E-state index contributed by atoms with van der Waals surface area (Å²) in [5.41, 5.74) is 0. The molecular weight excluding hydrogens is 559 g/mol. The molecule has 0 saturated carbocycles. The molecule has 11 heteroatoms. The fourth-order valence-electron chi connectivity index (χ4n) is 4.19. The van der Waals surface area contributed by atoms with E-state index in [1.165, 1.54) is 22.8 Å². The summed E-state index contributed by atoms with van der Waals surface area (Å²) in [7, 11) is -2.09. The van der Waals surface area contributed by atoms with Crippen LogP contribution in [0.15, 0.2) is 91.0 Å². The minimum absolute atomic E-state index is 0.0800. The van der Waals surface area contributed by atoms with Crippen LogP contribution in [0.4, 0.5) is 0 Å². The predicted octanol–water partition coefficient (Wildman–Crippen LogP) is 0.725. The average Bonchev–Trinajstić information content (AvgIpc) is 3.00. The van der Waals surface area contributed by atoms with Gasteiger partial charge in [0.25, 0.3) is 0 Å². The normalized spacial score (nSPS) is 10.8. The van der Waals surface area contributed by atoms with Crippen LogP contribution in [0.1, 0.15) is 6.92 Å². The predicted molar refractivity (Wildman–Crippen MR) is 165 cm³/mol. The first-order valence-corrected chi connectivity index (χ1v) is 16.0. The van der Waals surface area contributed by atoms with Crippen molar-refractivity contribution in [1.82, 2.24) is 21.3 Å². The summed E-state index contributed by atoms with van der Waals surface area (Å²) in [5.74, 6) is -1.98. The first kappa shape index (κ1) is 31.5. The zero-order valence-electron chi connectivity index (χ0n) is 22.8. The molecule has 0 spiro atoms. The zero-order chi connectivity index (χ0) is 29.5. The van der Waals surface area contributed by atoms with Crippen LogP contribution < -0.4 is 37.2 Å². The molecule has 0 heterocycles. The van der Waals surface area contributed by atoms with Crippen LogP contribution in [-0.4, -0.2) is 66.8 Å². The van der Waals surface area contributed by atoms with Crippen molar-refractivity contribution in [1.29, 1.82) is 0 Å². The van der Waals surface area contributed by atoms with E-state index in [2.05, 4.69) is 57.7 Å². The maximum absolute atomic E-state index is 12.6. The Kier molecular flexibility index (Phi) is 12.5. The monoisotopic (exact) mass is 593 g/mol. The fourth-order valence-corrected chi connectivity index (χ4v) is 8.78. The van der Waals surface area contributed by atoms with Gasteiger partial charge in [0.15, 0.2) is 5.12 Å². The SMILES string of the molecule is CC(=O)SCC(=O)NCC(=O)NCC(=O)NCC(=O)NCC[P+](c1ccccc1)(c1ccccc1)c1ccccc1. The van der Waals surface area contributed by atoms with Crippen LogP contribution in [0.3, 0.4) is 0 Å². The van der Waals surface area contributed by atoms with Gasteiger partial charge in [-0.15, -0.1) is 0 Å². The van der Waals surface area contributed by atoms with Gasteiger partial charge in [0.1, 0.15) is 23.2 Å². The molecule has 0 saturated heterocycles. The second kappa shape index (κ2) is 16.3. The van der Waals surface area contributed by atoms with Gasteiger partial charge in [0, 0.05) is 6.92 Å². The Balaban J connectivity index is 1.53. The summed E-state index contributed by atoms with van der Waals surface area (Å²) in [6.45, 7) is 0.855. The fraction of sp³-hybridized carbons (Fsp3) is 0.233. The van der Waals surface area contributed by atoms with E-state index in [1.54, 1.807) is 0 Å². The lowest BCUT2D eigenvalue weighted by Gasteiger charge is -2.27. The van der Waals surface area contributed by atoms with E-state index in [9.17, 15) is 24.0 Å². The number of nitrogens with one attached hydrogen (secondary N) is 4. The van der Waals surface area contributed by atoms with Crippen molar-refractivity contribution < 1.29 is 24.0 Å². The molecule has 0 radical (unpaired) electrons. The molecule has 3 aromatic rings. The summed E-state index contributed by atoms with van der Waals surface area (Å²) in [5, 5.41) is 13.6. The molecule has 0 unspecified atom stereocenters. The van der Waals surface area contributed by atoms with Gasteiger partial charge in [-0.25, -0.2) is 0 Å². The number of thioether (sulfide) groups is 1. The van der Waals surface area contributed by atoms with Crippen LogP contribution >= 0.6 is 19.0 Å². The van der Waals surface area contributed by atoms with E-state index < -0.39 is 25.0 Å². The van der Waals surface area contributed by atoms with Gasteiger partial charge in [0.05, 0.1) is 38.1 Å². The Morgan fingerprint density at radius 2 is 0.927 bits per heavy atom. The highest BCUT2D eigenvalue weighted by Crippen LogP contribution is 2.54. The summed E-state index contributed by atoms with van der Waals surface area (Å²) in [4.78, 5) is 59.0. The second-order valence-electron chi connectivity index (χ2n) is 9.00. The number of hydrogen-bond acceptors (Lipinski definition) is 6. The molecule has 214 valence electrons. The highest BCUT2D eigenvalue weighted by atomic mass is 32.2. The third-order valence-corrected chi connectivity index (χ3v) is 11.4. The van der Waals surface area contributed by atoms with Crippen LogP contribution in [-0.2, 0) is 24.0 Å². The Hall–Kier alpha value is -4.01. The van der Waals surface area contributed by atoms with Gasteiger partial charge in [-0.1, -0.05) is 66.4 Å². The van der Waals surface area contributed by atoms with Crippen LogP contribution in [0.5, 0.6) is 0 Å². The molecule has 0 aliphatic carbocycles. The third kappa shape index (κ3) is 9.84. The van der Waals surface area contributed by atoms with Crippen molar-refractivity contribution in [3.8, 4) is 0 Å². The lowest BCUT2D eigenvalue weighted by molar-refractivity contribution is -0.128. The third-order valence-electron chi connectivity index (χ3n) is 6.11. The van der Waals surface area contributed by atoms with Gasteiger partial charge >= 0.3 is 0 Å². The summed E-state index contributed by atoms with van der Waals surface area (Å²) >= 11 is 0.839. The van der Waals surface area contributed by atoms with E-state index >= 15 is 0 Å². The van der Waals surface area contributed by atoms with E-state index in [-0.39, 0.29) is 36.4 Å². The number of hydrogen-bond donors (Lipinski definition) is 4. The quantitative estimate of drug-likeness (QED) is 0.204. The van der Waals surface area contributed by atoms with Gasteiger partial charge in [0.2, 0.25) is 23.6 Å². The first-order chi connectivity index (χ1) is 19.8. The van der Waals surface area contributed by atoms with Crippen molar-refractivity contribution in [2.75, 3.05) is 38.1 Å². The van der Waals surface area contributed by atoms with E-state index in [1.807, 2.05) is 54.6 Å². The largest absolute Gasteiger partial charge is 0.351 e. The van der Waals surface area contributed by atoms with Crippen LogP contribution in [0, 0.1) is 0 Å². The molecule has 0 bridgehead atoms. The van der Waals surface area contributed by atoms with Crippen LogP contribution in [0.2, 0.25) is 0 Å². The number of carbonyl (C=O) groups is 5. The van der Waals surface area contributed by atoms with Gasteiger partial charge < -0.3 is 21.3 Å². The molecule has 4 N–H and O–H groups in total. The second-order valence-corrected chi connectivity index (χ2v) is 13.8.